The lowest BCUT2D eigenvalue weighted by molar-refractivity contribution is -0.137. The van der Waals surface area contributed by atoms with E-state index in [1.165, 1.54) is 6.07 Å². The zero-order valence-electron chi connectivity index (χ0n) is 19.9. The number of anilines is 1. The SMILES string of the molecule is CNS(=O)(=O)c1ccc(-c2cc(NC(=O)C3(c4ccc5c(c4)OCO5)CC3)ccc2C)c(C(F)(F)F)c1.[HH]. The van der Waals surface area contributed by atoms with Crippen LogP contribution in [0.25, 0.3) is 11.1 Å². The number of amides is 1. The molecule has 0 spiro atoms. The summed E-state index contributed by atoms with van der Waals surface area (Å²) in [5.41, 5.74) is -0.162. The topological polar surface area (TPSA) is 93.7 Å². The number of carbonyl (C=O) groups excluding carboxylic acids is 1. The Kier molecular flexibility index (Phi) is 5.95. The van der Waals surface area contributed by atoms with Crippen LogP contribution in [0.15, 0.2) is 59.5 Å². The number of hydrogen-bond donors (Lipinski definition) is 2. The monoisotopic (exact) mass is 534 g/mol. The van der Waals surface area contributed by atoms with Crippen molar-refractivity contribution in [3.8, 4) is 22.6 Å². The molecule has 2 aliphatic rings. The van der Waals surface area contributed by atoms with Gasteiger partial charge in [-0.1, -0.05) is 18.2 Å². The highest BCUT2D eigenvalue weighted by Crippen LogP contribution is 2.51. The largest absolute Gasteiger partial charge is 0.454 e. The Bertz CT molecular complexity index is 1520. The predicted octanol–water partition coefficient (Wildman–Crippen LogP) is 5.23. The van der Waals surface area contributed by atoms with E-state index in [1.807, 2.05) is 10.8 Å². The zero-order valence-corrected chi connectivity index (χ0v) is 20.7. The van der Waals surface area contributed by atoms with Crippen molar-refractivity contribution in [3.05, 3.63) is 71.3 Å². The zero-order chi connectivity index (χ0) is 26.6. The normalized spacial score (nSPS) is 15.9. The van der Waals surface area contributed by atoms with Crippen molar-refractivity contribution in [1.82, 2.24) is 4.72 Å². The summed E-state index contributed by atoms with van der Waals surface area (Å²) in [6.07, 6.45) is -3.56. The van der Waals surface area contributed by atoms with E-state index in [4.69, 9.17) is 9.47 Å². The van der Waals surface area contributed by atoms with Crippen LogP contribution in [0.5, 0.6) is 11.5 Å². The maximum absolute atomic E-state index is 14.0. The van der Waals surface area contributed by atoms with Gasteiger partial charge < -0.3 is 14.8 Å². The maximum atomic E-state index is 14.0. The van der Waals surface area contributed by atoms with Crippen LogP contribution in [0.1, 0.15) is 31.0 Å². The predicted molar refractivity (Wildman–Crippen MR) is 132 cm³/mol. The standard InChI is InChI=1S/C26H23F3N2O5S.H2/c1-15-3-5-17(31-24(32)25(9-10-25)16-4-8-22-23(11-16)36-14-35-22)12-20(15)19-7-6-18(37(33,34)30-2)13-21(19)26(27,28)29;/h3-8,11-13,30H,9-10,14H2,1-2H3,(H,31,32);1H. The molecule has 2 N–H and O–H groups in total. The number of hydrogen-bond acceptors (Lipinski definition) is 5. The van der Waals surface area contributed by atoms with Gasteiger partial charge in [0, 0.05) is 7.11 Å². The van der Waals surface area contributed by atoms with Crippen LogP contribution >= 0.6 is 0 Å². The van der Waals surface area contributed by atoms with E-state index in [0.29, 0.717) is 41.7 Å². The van der Waals surface area contributed by atoms with Gasteiger partial charge >= 0.3 is 6.18 Å². The summed E-state index contributed by atoms with van der Waals surface area (Å²) in [7, 11) is -2.95. The van der Waals surface area contributed by atoms with Crippen LogP contribution in [0.2, 0.25) is 0 Å². The summed E-state index contributed by atoms with van der Waals surface area (Å²) in [4.78, 5) is 12.8. The fourth-order valence-electron chi connectivity index (χ4n) is 4.48. The summed E-state index contributed by atoms with van der Waals surface area (Å²) in [6.45, 7) is 1.76. The molecule has 0 atom stereocenters. The van der Waals surface area contributed by atoms with Crippen molar-refractivity contribution in [2.45, 2.75) is 36.3 Å². The average molecular weight is 535 g/mol. The van der Waals surface area contributed by atoms with Crippen molar-refractivity contribution in [3.63, 3.8) is 0 Å². The third kappa shape index (κ3) is 4.53. The van der Waals surface area contributed by atoms with E-state index in [9.17, 15) is 26.4 Å². The van der Waals surface area contributed by atoms with Gasteiger partial charge in [-0.05, 0) is 85.5 Å². The number of fused-ring (bicyclic) bond motifs is 1. The van der Waals surface area contributed by atoms with Crippen LogP contribution in [0.3, 0.4) is 0 Å². The highest BCUT2D eigenvalue weighted by Gasteiger charge is 2.51. The van der Waals surface area contributed by atoms with Gasteiger partial charge in [0.25, 0.3) is 0 Å². The molecule has 0 unspecified atom stereocenters. The second-order valence-electron chi connectivity index (χ2n) is 9.05. The molecule has 5 rings (SSSR count). The Morgan fingerprint density at radius 1 is 0.973 bits per heavy atom. The van der Waals surface area contributed by atoms with Crippen molar-refractivity contribution >= 4 is 21.6 Å². The van der Waals surface area contributed by atoms with Crippen LogP contribution in [-0.4, -0.2) is 28.2 Å². The number of nitrogens with one attached hydrogen (secondary N) is 2. The van der Waals surface area contributed by atoms with Crippen molar-refractivity contribution in [2.75, 3.05) is 19.2 Å². The van der Waals surface area contributed by atoms with Crippen LogP contribution < -0.4 is 19.5 Å². The number of rotatable bonds is 6. The number of alkyl halides is 3. The van der Waals surface area contributed by atoms with E-state index in [1.54, 1.807) is 31.2 Å². The molecule has 1 aliphatic carbocycles. The Labute approximate surface area is 213 Å². The molecule has 1 heterocycles. The van der Waals surface area contributed by atoms with Crippen LogP contribution in [0, 0.1) is 6.92 Å². The van der Waals surface area contributed by atoms with Gasteiger partial charge in [0.05, 0.1) is 15.9 Å². The van der Waals surface area contributed by atoms with E-state index >= 15 is 0 Å². The first-order valence-corrected chi connectivity index (χ1v) is 12.9. The number of carbonyl (C=O) groups is 1. The van der Waals surface area contributed by atoms with Gasteiger partial charge in [-0.25, -0.2) is 13.1 Å². The van der Waals surface area contributed by atoms with Gasteiger partial charge in [0.1, 0.15) is 0 Å². The fraction of sp³-hybridized carbons (Fsp3) is 0.269. The lowest BCUT2D eigenvalue weighted by Crippen LogP contribution is -2.27. The van der Waals surface area contributed by atoms with E-state index in [0.717, 1.165) is 24.7 Å². The van der Waals surface area contributed by atoms with Crippen molar-refractivity contribution < 1.29 is 37.3 Å². The number of benzene rings is 3. The van der Waals surface area contributed by atoms with Crippen LogP contribution in [0.4, 0.5) is 18.9 Å². The van der Waals surface area contributed by atoms with Crippen molar-refractivity contribution in [1.29, 1.82) is 0 Å². The number of ether oxygens (including phenoxy) is 2. The molecular weight excluding hydrogens is 509 g/mol. The molecule has 0 bridgehead atoms. The number of aryl methyl sites for hydroxylation is 1. The third-order valence-corrected chi connectivity index (χ3v) is 8.18. The number of halogens is 3. The summed E-state index contributed by atoms with van der Waals surface area (Å²) in [6, 6.07) is 12.9. The summed E-state index contributed by atoms with van der Waals surface area (Å²) >= 11 is 0. The smallest absolute Gasteiger partial charge is 0.417 e. The Balaban J connectivity index is 0.00000336. The summed E-state index contributed by atoms with van der Waals surface area (Å²) < 4.78 is 79.0. The molecule has 1 aliphatic heterocycles. The molecule has 7 nitrogen and oxygen atoms in total. The quantitative estimate of drug-likeness (QED) is 0.452. The maximum Gasteiger partial charge on any atom is 0.417 e. The molecule has 3 aromatic carbocycles. The van der Waals surface area contributed by atoms with Gasteiger partial charge in [0.15, 0.2) is 11.5 Å². The second kappa shape index (κ2) is 8.77. The first-order chi connectivity index (χ1) is 17.4. The molecule has 0 saturated heterocycles. The molecule has 11 heteroatoms. The molecule has 3 aromatic rings. The molecule has 37 heavy (non-hydrogen) atoms. The van der Waals surface area contributed by atoms with Crippen LogP contribution in [-0.2, 0) is 26.4 Å². The lowest BCUT2D eigenvalue weighted by atomic mass is 9.93. The third-order valence-electron chi connectivity index (χ3n) is 6.77. The molecule has 1 fully saturated rings. The molecule has 1 saturated carbocycles. The summed E-state index contributed by atoms with van der Waals surface area (Å²) in [5, 5.41) is 2.85. The van der Waals surface area contributed by atoms with E-state index in [2.05, 4.69) is 5.32 Å². The molecule has 0 aromatic heterocycles. The molecule has 196 valence electrons. The van der Waals surface area contributed by atoms with Gasteiger partial charge in [-0.3, -0.25) is 4.79 Å². The minimum Gasteiger partial charge on any atom is -0.454 e. The van der Waals surface area contributed by atoms with Gasteiger partial charge in [-0.2, -0.15) is 13.2 Å². The lowest BCUT2D eigenvalue weighted by Gasteiger charge is -2.19. The second-order valence-corrected chi connectivity index (χ2v) is 10.9. The highest BCUT2D eigenvalue weighted by molar-refractivity contribution is 7.89. The molecule has 0 radical (unpaired) electrons. The minimum absolute atomic E-state index is 0. The van der Waals surface area contributed by atoms with E-state index < -0.39 is 32.1 Å². The average Bonchev–Trinajstić information content (AvgIpc) is 3.55. The first-order valence-electron chi connectivity index (χ1n) is 11.4. The van der Waals surface area contributed by atoms with E-state index in [-0.39, 0.29) is 25.3 Å². The molecular formula is C26H25F3N2O5S. The Morgan fingerprint density at radius 3 is 2.38 bits per heavy atom. The molecule has 1 amide bonds. The Morgan fingerprint density at radius 2 is 1.70 bits per heavy atom. The Hall–Kier alpha value is -3.57. The highest BCUT2D eigenvalue weighted by atomic mass is 32.2. The van der Waals surface area contributed by atoms with Gasteiger partial charge in [-0.15, -0.1) is 0 Å². The fourth-order valence-corrected chi connectivity index (χ4v) is 5.24. The van der Waals surface area contributed by atoms with Gasteiger partial charge in [0.2, 0.25) is 22.7 Å². The minimum atomic E-state index is -4.81. The summed E-state index contributed by atoms with van der Waals surface area (Å²) in [5.74, 6) is 0.905. The van der Waals surface area contributed by atoms with Crippen molar-refractivity contribution in [2.24, 2.45) is 0 Å². The number of sulfonamides is 1. The first kappa shape index (κ1) is 25.1.